The van der Waals surface area contributed by atoms with Gasteiger partial charge in [-0.1, -0.05) is 24.3 Å². The van der Waals surface area contributed by atoms with Gasteiger partial charge in [-0.3, -0.25) is 4.68 Å². The summed E-state index contributed by atoms with van der Waals surface area (Å²) in [5.74, 6) is 0.754. The molecule has 5 atom stereocenters. The van der Waals surface area contributed by atoms with E-state index in [-0.39, 0.29) is 25.6 Å². The van der Waals surface area contributed by atoms with Gasteiger partial charge in [0, 0.05) is 6.54 Å². The first kappa shape index (κ1) is 33.0. The van der Waals surface area contributed by atoms with Crippen molar-refractivity contribution in [2.24, 2.45) is 0 Å². The van der Waals surface area contributed by atoms with Crippen LogP contribution in [0.15, 0.2) is 42.5 Å². The number of aliphatic hydroxyl groups is 8. The Morgan fingerprint density at radius 3 is 2.26 bits per heavy atom. The first-order chi connectivity index (χ1) is 20.8. The standard InChI is InChI=1S/C29H41N3O11/c33-12-11-32-21-3-1-2-19(23(21)27(31-32)43-28-26(40)25(39)24(38)22(14-34)42-28)7-4-18-5-8-20(9-6-18)41-13-10-30-29(15-35,16-36)17-37/h1-3,5-6,8-9,22,24-26,28,30,33-40H,4,7,10-17H2/t22-,24-,25+,26-,28+/m1/s1. The van der Waals surface area contributed by atoms with Gasteiger partial charge in [0.15, 0.2) is 0 Å². The largest absolute Gasteiger partial charge is 0.492 e. The molecule has 9 N–H and O–H groups in total. The van der Waals surface area contributed by atoms with Crippen LogP contribution < -0.4 is 14.8 Å². The molecule has 3 aromatic rings. The lowest BCUT2D eigenvalue weighted by atomic mass is 9.99. The Balaban J connectivity index is 1.44. The van der Waals surface area contributed by atoms with Crippen molar-refractivity contribution in [3.05, 3.63) is 53.6 Å². The SMILES string of the molecule is OCCn1nc(O[C@@H]2O[C@H](CO)[C@@H](O)[C@H](O)[C@H]2O)c2c(CCc3ccc(OCCNC(CO)(CO)CO)cc3)cccc21. The summed E-state index contributed by atoms with van der Waals surface area (Å²) in [6.07, 6.45) is -6.01. The van der Waals surface area contributed by atoms with E-state index in [2.05, 4.69) is 10.4 Å². The Kier molecular flexibility index (Phi) is 11.7. The number of nitrogens with one attached hydrogen (secondary N) is 1. The van der Waals surface area contributed by atoms with Gasteiger partial charge in [0.2, 0.25) is 12.2 Å². The normalized spacial score (nSPS) is 22.7. The van der Waals surface area contributed by atoms with Crippen LogP contribution in [-0.4, -0.2) is 133 Å². The Morgan fingerprint density at radius 1 is 0.884 bits per heavy atom. The lowest BCUT2D eigenvalue weighted by Crippen LogP contribution is -2.60. The average Bonchev–Trinajstić information content (AvgIpc) is 3.38. The van der Waals surface area contributed by atoms with Crippen LogP contribution in [-0.2, 0) is 24.1 Å². The summed E-state index contributed by atoms with van der Waals surface area (Å²) in [5.41, 5.74) is 1.44. The maximum absolute atomic E-state index is 10.5. The molecule has 43 heavy (non-hydrogen) atoms. The van der Waals surface area contributed by atoms with Crippen LogP contribution in [0.4, 0.5) is 0 Å². The van der Waals surface area contributed by atoms with Gasteiger partial charge in [-0.25, -0.2) is 0 Å². The maximum Gasteiger partial charge on any atom is 0.243 e. The number of benzene rings is 2. The predicted octanol–water partition coefficient (Wildman–Crippen LogP) is -2.32. The van der Waals surface area contributed by atoms with Gasteiger partial charge in [0.1, 0.15) is 36.8 Å². The number of nitrogens with zero attached hydrogens (tertiary/aromatic N) is 2. The second-order valence-electron chi connectivity index (χ2n) is 10.6. The minimum Gasteiger partial charge on any atom is -0.492 e. The molecule has 1 aliphatic heterocycles. The van der Waals surface area contributed by atoms with Crippen LogP contribution in [0.3, 0.4) is 0 Å². The van der Waals surface area contributed by atoms with Gasteiger partial charge >= 0.3 is 0 Å². The van der Waals surface area contributed by atoms with Gasteiger partial charge in [0.25, 0.3) is 0 Å². The smallest absolute Gasteiger partial charge is 0.243 e. The molecule has 14 nitrogen and oxygen atoms in total. The molecule has 0 saturated carbocycles. The monoisotopic (exact) mass is 607 g/mol. The molecule has 1 aliphatic rings. The van der Waals surface area contributed by atoms with Gasteiger partial charge in [-0.05, 0) is 42.2 Å². The molecule has 4 rings (SSSR count). The quantitative estimate of drug-likeness (QED) is 0.0782. The molecule has 2 heterocycles. The van der Waals surface area contributed by atoms with E-state index in [1.807, 2.05) is 42.5 Å². The van der Waals surface area contributed by atoms with E-state index in [9.17, 15) is 40.9 Å². The third-order valence-electron chi connectivity index (χ3n) is 7.61. The van der Waals surface area contributed by atoms with E-state index in [0.29, 0.717) is 36.0 Å². The minimum absolute atomic E-state index is 0.119. The third kappa shape index (κ3) is 7.61. The maximum atomic E-state index is 10.5. The van der Waals surface area contributed by atoms with Crippen LogP contribution in [0.25, 0.3) is 10.9 Å². The van der Waals surface area contributed by atoms with Gasteiger partial charge < -0.3 is 60.4 Å². The summed E-state index contributed by atoms with van der Waals surface area (Å²) in [4.78, 5) is 0. The molecule has 238 valence electrons. The first-order valence-electron chi connectivity index (χ1n) is 14.2. The molecule has 0 unspecified atom stereocenters. The molecular weight excluding hydrogens is 566 g/mol. The molecule has 1 fully saturated rings. The minimum atomic E-state index is -1.60. The Labute approximate surface area is 248 Å². The van der Waals surface area contributed by atoms with E-state index in [4.69, 9.17) is 14.2 Å². The summed E-state index contributed by atoms with van der Waals surface area (Å²) >= 11 is 0. The van der Waals surface area contributed by atoms with Crippen molar-refractivity contribution in [2.45, 2.75) is 55.6 Å². The molecule has 0 amide bonds. The zero-order chi connectivity index (χ0) is 31.0. The fourth-order valence-corrected chi connectivity index (χ4v) is 4.93. The van der Waals surface area contributed by atoms with Crippen LogP contribution in [0, 0.1) is 0 Å². The molecular formula is C29H41N3O11. The third-order valence-corrected chi connectivity index (χ3v) is 7.61. The van der Waals surface area contributed by atoms with E-state index in [1.165, 1.54) is 0 Å². The Morgan fingerprint density at radius 2 is 1.60 bits per heavy atom. The topological polar surface area (TPSA) is 219 Å². The molecule has 0 radical (unpaired) electrons. The number of hydrogen-bond donors (Lipinski definition) is 9. The highest BCUT2D eigenvalue weighted by Gasteiger charge is 2.45. The fraction of sp³-hybridized carbons (Fsp3) is 0.552. The second kappa shape index (κ2) is 15.2. The molecule has 0 aliphatic carbocycles. The van der Waals surface area contributed by atoms with Crippen LogP contribution >= 0.6 is 0 Å². The zero-order valence-electron chi connectivity index (χ0n) is 23.7. The summed E-state index contributed by atoms with van der Waals surface area (Å²) in [6, 6.07) is 13.2. The van der Waals surface area contributed by atoms with Gasteiger partial charge in [-0.15, -0.1) is 5.10 Å². The van der Waals surface area contributed by atoms with Crippen LogP contribution in [0.5, 0.6) is 11.6 Å². The van der Waals surface area contributed by atoms with Crippen molar-refractivity contribution in [1.82, 2.24) is 15.1 Å². The van der Waals surface area contributed by atoms with Gasteiger partial charge in [-0.2, -0.15) is 0 Å². The number of fused-ring (bicyclic) bond motifs is 1. The first-order valence-corrected chi connectivity index (χ1v) is 14.2. The highest BCUT2D eigenvalue weighted by atomic mass is 16.7. The number of hydrogen-bond acceptors (Lipinski definition) is 13. The lowest BCUT2D eigenvalue weighted by molar-refractivity contribution is -0.278. The van der Waals surface area contributed by atoms with Crippen molar-refractivity contribution in [3.8, 4) is 11.6 Å². The summed E-state index contributed by atoms with van der Waals surface area (Å²) in [7, 11) is 0. The zero-order valence-corrected chi connectivity index (χ0v) is 23.7. The summed E-state index contributed by atoms with van der Waals surface area (Å²) < 4.78 is 18.7. The van der Waals surface area contributed by atoms with E-state index in [0.717, 1.165) is 11.1 Å². The lowest BCUT2D eigenvalue weighted by Gasteiger charge is -2.39. The van der Waals surface area contributed by atoms with Crippen LogP contribution in [0.2, 0.25) is 0 Å². The predicted molar refractivity (Wildman–Crippen MR) is 153 cm³/mol. The number of rotatable bonds is 16. The molecule has 0 bridgehead atoms. The number of aromatic nitrogens is 2. The Bertz CT molecular complexity index is 1270. The van der Waals surface area contributed by atoms with Crippen LogP contribution in [0.1, 0.15) is 11.1 Å². The molecule has 1 saturated heterocycles. The summed E-state index contributed by atoms with van der Waals surface area (Å²) in [6.45, 7) is -1.23. The van der Waals surface area contributed by atoms with E-state index < -0.39 is 62.7 Å². The van der Waals surface area contributed by atoms with Crippen molar-refractivity contribution in [1.29, 1.82) is 0 Å². The highest BCUT2D eigenvalue weighted by Crippen LogP contribution is 2.32. The van der Waals surface area contributed by atoms with Crippen molar-refractivity contribution in [3.63, 3.8) is 0 Å². The van der Waals surface area contributed by atoms with Crippen molar-refractivity contribution in [2.75, 3.05) is 46.2 Å². The van der Waals surface area contributed by atoms with Crippen molar-refractivity contribution < 1.29 is 55.1 Å². The summed E-state index contributed by atoms with van der Waals surface area (Å²) in [5, 5.41) is 86.1. The Hall–Kier alpha value is -2.89. The van der Waals surface area contributed by atoms with E-state index >= 15 is 0 Å². The number of aliphatic hydroxyl groups excluding tert-OH is 8. The van der Waals surface area contributed by atoms with Crippen molar-refractivity contribution >= 4 is 10.9 Å². The molecule has 1 aromatic heterocycles. The molecule has 2 aromatic carbocycles. The molecule has 0 spiro atoms. The number of ether oxygens (including phenoxy) is 3. The van der Waals surface area contributed by atoms with Gasteiger partial charge in [0.05, 0.1) is 56.0 Å². The second-order valence-corrected chi connectivity index (χ2v) is 10.6. The van der Waals surface area contributed by atoms with E-state index in [1.54, 1.807) is 4.68 Å². The highest BCUT2D eigenvalue weighted by molar-refractivity contribution is 5.88. The number of aryl methyl sites for hydroxylation is 2. The molecule has 14 heteroatoms. The average molecular weight is 608 g/mol. The fourth-order valence-electron chi connectivity index (χ4n) is 4.93.